The van der Waals surface area contributed by atoms with Crippen LogP contribution in [0.2, 0.25) is 0 Å². The SMILES string of the molecule is O=[N+]([O-])c1ccc2c(c1)C(N1CCOCC1)C(=CC1(O)CCCCC1)O2. The van der Waals surface area contributed by atoms with Crippen LogP contribution in [0, 0.1) is 10.1 Å². The van der Waals surface area contributed by atoms with E-state index >= 15 is 0 Å². The van der Waals surface area contributed by atoms with Crippen LogP contribution < -0.4 is 4.74 Å². The van der Waals surface area contributed by atoms with Crippen molar-refractivity contribution in [3.8, 4) is 5.75 Å². The van der Waals surface area contributed by atoms with Gasteiger partial charge in [0, 0.05) is 30.8 Å². The molecule has 1 aromatic carbocycles. The lowest BCUT2D eigenvalue weighted by Gasteiger charge is -2.34. The first-order valence-corrected chi connectivity index (χ1v) is 9.29. The van der Waals surface area contributed by atoms with Crippen molar-refractivity contribution in [2.75, 3.05) is 26.3 Å². The van der Waals surface area contributed by atoms with Gasteiger partial charge in [0.1, 0.15) is 11.5 Å². The van der Waals surface area contributed by atoms with E-state index in [4.69, 9.17) is 9.47 Å². The van der Waals surface area contributed by atoms with Gasteiger partial charge in [0.05, 0.1) is 29.8 Å². The molecule has 0 amide bonds. The van der Waals surface area contributed by atoms with Gasteiger partial charge in [-0.05, 0) is 25.0 Å². The molecule has 1 atom stereocenters. The molecule has 1 aliphatic carbocycles. The number of nitro benzene ring substituents is 1. The summed E-state index contributed by atoms with van der Waals surface area (Å²) < 4.78 is 11.5. The van der Waals surface area contributed by atoms with Gasteiger partial charge < -0.3 is 14.6 Å². The van der Waals surface area contributed by atoms with Crippen LogP contribution in [0.3, 0.4) is 0 Å². The molecule has 0 bridgehead atoms. The third kappa shape index (κ3) is 3.34. The third-order valence-corrected chi connectivity index (χ3v) is 5.54. The summed E-state index contributed by atoms with van der Waals surface area (Å²) >= 11 is 0. The van der Waals surface area contributed by atoms with Gasteiger partial charge in [-0.2, -0.15) is 0 Å². The molecule has 1 saturated heterocycles. The molecule has 0 radical (unpaired) electrons. The lowest BCUT2D eigenvalue weighted by atomic mass is 9.84. The van der Waals surface area contributed by atoms with E-state index in [9.17, 15) is 15.2 Å². The molecule has 7 heteroatoms. The molecule has 26 heavy (non-hydrogen) atoms. The number of fused-ring (bicyclic) bond motifs is 1. The number of nitrogens with zero attached hydrogens (tertiary/aromatic N) is 2. The van der Waals surface area contributed by atoms with Crippen LogP contribution in [-0.4, -0.2) is 46.8 Å². The van der Waals surface area contributed by atoms with Crippen LogP contribution in [0.5, 0.6) is 5.75 Å². The van der Waals surface area contributed by atoms with Crippen molar-refractivity contribution in [3.05, 3.63) is 45.7 Å². The molecule has 4 rings (SSSR count). The fourth-order valence-corrected chi connectivity index (χ4v) is 4.19. The van der Waals surface area contributed by atoms with Crippen molar-refractivity contribution < 1.29 is 19.5 Å². The first kappa shape index (κ1) is 17.5. The van der Waals surface area contributed by atoms with Crippen molar-refractivity contribution in [2.24, 2.45) is 0 Å². The molecule has 2 heterocycles. The molecule has 7 nitrogen and oxygen atoms in total. The molecule has 0 spiro atoms. The zero-order chi connectivity index (χ0) is 18.1. The normalized spacial score (nSPS) is 27.1. The average Bonchev–Trinajstić information content (AvgIpc) is 2.99. The second-order valence-electron chi connectivity index (χ2n) is 7.34. The first-order chi connectivity index (χ1) is 12.6. The van der Waals surface area contributed by atoms with Gasteiger partial charge in [0.25, 0.3) is 5.69 Å². The number of non-ortho nitro benzene ring substituents is 1. The number of aliphatic hydroxyl groups is 1. The predicted molar refractivity (Wildman–Crippen MR) is 95.0 cm³/mol. The number of rotatable bonds is 3. The highest BCUT2D eigenvalue weighted by molar-refractivity contribution is 5.52. The Labute approximate surface area is 152 Å². The fourth-order valence-electron chi connectivity index (χ4n) is 4.19. The van der Waals surface area contributed by atoms with E-state index in [2.05, 4.69) is 4.90 Å². The summed E-state index contributed by atoms with van der Waals surface area (Å²) in [6, 6.07) is 4.52. The minimum atomic E-state index is -0.855. The Morgan fingerprint density at radius 3 is 2.65 bits per heavy atom. The Kier molecular flexibility index (Phi) is 4.69. The molecule has 2 aliphatic heterocycles. The quantitative estimate of drug-likeness (QED) is 0.659. The Hall–Kier alpha value is -1.96. The summed E-state index contributed by atoms with van der Waals surface area (Å²) in [7, 11) is 0. The molecule has 3 aliphatic rings. The molecular weight excluding hydrogens is 336 g/mol. The highest BCUT2D eigenvalue weighted by atomic mass is 16.6. The van der Waals surface area contributed by atoms with Crippen molar-refractivity contribution in [3.63, 3.8) is 0 Å². The summed E-state index contributed by atoms with van der Waals surface area (Å²) in [5.74, 6) is 1.32. The van der Waals surface area contributed by atoms with Crippen LogP contribution in [-0.2, 0) is 4.74 Å². The maximum atomic E-state index is 11.2. The molecule has 140 valence electrons. The smallest absolute Gasteiger partial charge is 0.270 e. The van der Waals surface area contributed by atoms with Crippen LogP contribution in [0.25, 0.3) is 0 Å². The molecule has 1 unspecified atom stereocenters. The largest absolute Gasteiger partial charge is 0.460 e. The van der Waals surface area contributed by atoms with Crippen LogP contribution >= 0.6 is 0 Å². The molecule has 0 aromatic heterocycles. The standard InChI is InChI=1S/C19H24N2O5/c22-19(6-2-1-3-7-19)13-17-18(20-8-10-25-11-9-20)15-12-14(21(23)24)4-5-16(15)26-17/h4-5,12-13,18,22H,1-3,6-11H2. The van der Waals surface area contributed by atoms with E-state index in [1.807, 2.05) is 6.08 Å². The second kappa shape index (κ2) is 6.98. The van der Waals surface area contributed by atoms with Gasteiger partial charge in [-0.3, -0.25) is 15.0 Å². The van der Waals surface area contributed by atoms with Crippen molar-refractivity contribution in [1.82, 2.24) is 4.90 Å². The number of hydrogen-bond donors (Lipinski definition) is 1. The number of morpholine rings is 1. The van der Waals surface area contributed by atoms with Gasteiger partial charge >= 0.3 is 0 Å². The average molecular weight is 360 g/mol. The summed E-state index contributed by atoms with van der Waals surface area (Å²) in [5, 5.41) is 22.2. The van der Waals surface area contributed by atoms with Crippen LogP contribution in [0.15, 0.2) is 30.0 Å². The maximum Gasteiger partial charge on any atom is 0.270 e. The van der Waals surface area contributed by atoms with E-state index in [0.29, 0.717) is 24.7 Å². The topological polar surface area (TPSA) is 85.1 Å². The minimum absolute atomic E-state index is 0.0586. The van der Waals surface area contributed by atoms with Gasteiger partial charge in [0.15, 0.2) is 0 Å². The van der Waals surface area contributed by atoms with E-state index in [-0.39, 0.29) is 16.7 Å². The highest BCUT2D eigenvalue weighted by Gasteiger charge is 2.39. The number of benzene rings is 1. The molecular formula is C19H24N2O5. The van der Waals surface area contributed by atoms with E-state index in [1.165, 1.54) is 6.07 Å². The Bertz CT molecular complexity index is 721. The summed E-state index contributed by atoms with van der Waals surface area (Å²) in [6.45, 7) is 2.70. The summed E-state index contributed by atoms with van der Waals surface area (Å²) in [5.41, 5.74) is 0.00142. The molecule has 1 N–H and O–H groups in total. The third-order valence-electron chi connectivity index (χ3n) is 5.54. The van der Waals surface area contributed by atoms with Gasteiger partial charge in [-0.15, -0.1) is 0 Å². The Balaban J connectivity index is 1.72. The number of hydrogen-bond acceptors (Lipinski definition) is 6. The Morgan fingerprint density at radius 2 is 1.96 bits per heavy atom. The van der Waals surface area contributed by atoms with Gasteiger partial charge in [-0.25, -0.2) is 0 Å². The maximum absolute atomic E-state index is 11.2. The second-order valence-corrected chi connectivity index (χ2v) is 7.34. The Morgan fingerprint density at radius 1 is 1.23 bits per heavy atom. The van der Waals surface area contributed by atoms with E-state index in [1.54, 1.807) is 12.1 Å². The molecule has 2 fully saturated rings. The molecule has 1 aromatic rings. The first-order valence-electron chi connectivity index (χ1n) is 9.29. The molecule has 1 saturated carbocycles. The van der Waals surface area contributed by atoms with Crippen molar-refractivity contribution in [2.45, 2.75) is 43.7 Å². The van der Waals surface area contributed by atoms with Gasteiger partial charge in [-0.1, -0.05) is 19.3 Å². The summed E-state index contributed by atoms with van der Waals surface area (Å²) in [6.07, 6.45) is 6.46. The van der Waals surface area contributed by atoms with E-state index in [0.717, 1.165) is 50.8 Å². The predicted octanol–water partition coefficient (Wildman–Crippen LogP) is 2.94. The number of ether oxygens (including phenoxy) is 2. The van der Waals surface area contributed by atoms with E-state index < -0.39 is 5.60 Å². The van der Waals surface area contributed by atoms with Crippen molar-refractivity contribution >= 4 is 5.69 Å². The summed E-state index contributed by atoms with van der Waals surface area (Å²) in [4.78, 5) is 13.0. The van der Waals surface area contributed by atoms with Gasteiger partial charge in [0.2, 0.25) is 0 Å². The monoisotopic (exact) mass is 360 g/mol. The zero-order valence-corrected chi connectivity index (χ0v) is 14.7. The lowest BCUT2D eigenvalue weighted by molar-refractivity contribution is -0.384. The lowest BCUT2D eigenvalue weighted by Crippen LogP contribution is -2.40. The highest BCUT2D eigenvalue weighted by Crippen LogP contribution is 2.46. The zero-order valence-electron chi connectivity index (χ0n) is 14.7. The minimum Gasteiger partial charge on any atom is -0.460 e. The van der Waals surface area contributed by atoms with Crippen LogP contribution in [0.1, 0.15) is 43.7 Å². The van der Waals surface area contributed by atoms with Crippen molar-refractivity contribution in [1.29, 1.82) is 0 Å². The van der Waals surface area contributed by atoms with Crippen LogP contribution in [0.4, 0.5) is 5.69 Å². The number of nitro groups is 1. The fraction of sp³-hybridized carbons (Fsp3) is 0.579.